The second kappa shape index (κ2) is 12.5. The van der Waals surface area contributed by atoms with Crippen LogP contribution in [0.25, 0.3) is 6.08 Å². The number of aromatic hydroxyl groups is 1. The number of hydrogen-bond donors (Lipinski definition) is 3. The Morgan fingerprint density at radius 3 is 2.42 bits per heavy atom. The van der Waals surface area contributed by atoms with Gasteiger partial charge in [-0.3, -0.25) is 14.5 Å². The first kappa shape index (κ1) is 27.8. The number of allylic oxidation sites excluding steroid dienone is 1. The van der Waals surface area contributed by atoms with E-state index < -0.39 is 23.9 Å². The van der Waals surface area contributed by atoms with Gasteiger partial charge in [-0.2, -0.15) is 0 Å². The highest BCUT2D eigenvalue weighted by atomic mass is 16.5. The summed E-state index contributed by atoms with van der Waals surface area (Å²) in [4.78, 5) is 28.2. The highest BCUT2D eigenvalue weighted by Gasteiger charge is 2.55. The first-order valence-electron chi connectivity index (χ1n) is 13.3. The average Bonchev–Trinajstić information content (AvgIpc) is 3.17. The zero-order chi connectivity index (χ0) is 27.2. The summed E-state index contributed by atoms with van der Waals surface area (Å²) >= 11 is 0. The number of carbonyl (C=O) groups excluding carboxylic acids is 2. The molecule has 1 fully saturated rings. The molecule has 0 radical (unpaired) electrons. The zero-order valence-corrected chi connectivity index (χ0v) is 22.0. The fourth-order valence-electron chi connectivity index (χ4n) is 5.97. The van der Waals surface area contributed by atoms with Gasteiger partial charge in [0, 0.05) is 13.0 Å². The maximum atomic E-state index is 13.6. The van der Waals surface area contributed by atoms with Gasteiger partial charge in [0.25, 0.3) is 0 Å². The van der Waals surface area contributed by atoms with Crippen molar-refractivity contribution in [2.45, 2.75) is 45.1 Å². The van der Waals surface area contributed by atoms with Crippen molar-refractivity contribution in [1.82, 2.24) is 0 Å². The number of benzene rings is 2. The number of aliphatic hydroxyl groups excluding tert-OH is 2. The fourth-order valence-corrected chi connectivity index (χ4v) is 5.97. The molecular formula is C31H37NO6. The number of methoxy groups -OCH3 is 1. The summed E-state index contributed by atoms with van der Waals surface area (Å²) in [6, 6.07) is 15.9. The Kier molecular flexibility index (Phi) is 9.15. The number of fused-ring (bicyclic) bond motifs is 1. The molecule has 2 aromatic carbocycles. The molecule has 2 aliphatic rings. The van der Waals surface area contributed by atoms with Gasteiger partial charge >= 0.3 is 0 Å². The molecule has 7 heteroatoms. The molecule has 0 aromatic heterocycles. The second-order valence-corrected chi connectivity index (χ2v) is 10.2. The number of amides is 2. The summed E-state index contributed by atoms with van der Waals surface area (Å²) in [5.41, 5.74) is 4.09. The number of carbonyl (C=O) groups is 2. The number of rotatable bonds is 11. The third-order valence-corrected chi connectivity index (χ3v) is 7.65. The van der Waals surface area contributed by atoms with E-state index in [9.17, 15) is 24.9 Å². The van der Waals surface area contributed by atoms with Crippen LogP contribution in [0.3, 0.4) is 0 Å². The number of para-hydroxylation sites is 1. The molecular weight excluding hydrogens is 482 g/mol. The van der Waals surface area contributed by atoms with E-state index in [4.69, 9.17) is 4.74 Å². The molecule has 2 aromatic rings. The van der Waals surface area contributed by atoms with Gasteiger partial charge in [-0.1, -0.05) is 55.3 Å². The van der Waals surface area contributed by atoms with Gasteiger partial charge in [-0.25, -0.2) is 0 Å². The van der Waals surface area contributed by atoms with Gasteiger partial charge in [0.15, 0.2) is 0 Å². The van der Waals surface area contributed by atoms with Crippen LogP contribution in [-0.4, -0.2) is 53.6 Å². The van der Waals surface area contributed by atoms with Crippen molar-refractivity contribution in [1.29, 1.82) is 0 Å². The van der Waals surface area contributed by atoms with Crippen LogP contribution in [0.5, 0.6) is 5.75 Å². The molecule has 1 aliphatic heterocycles. The van der Waals surface area contributed by atoms with Crippen molar-refractivity contribution in [3.8, 4) is 5.75 Å². The van der Waals surface area contributed by atoms with Crippen LogP contribution in [0.15, 0.2) is 71.3 Å². The number of hydrogen-bond acceptors (Lipinski definition) is 6. The van der Waals surface area contributed by atoms with E-state index in [0.29, 0.717) is 30.5 Å². The third kappa shape index (κ3) is 5.75. The highest BCUT2D eigenvalue weighted by Crippen LogP contribution is 2.47. The van der Waals surface area contributed by atoms with E-state index in [1.165, 1.54) is 10.5 Å². The fraction of sp³-hybridized carbons (Fsp3) is 0.419. The largest absolute Gasteiger partial charge is 0.508 e. The molecule has 4 rings (SSSR count). The van der Waals surface area contributed by atoms with E-state index >= 15 is 0 Å². The lowest BCUT2D eigenvalue weighted by Crippen LogP contribution is -2.39. The number of phenolic OH excluding ortho intramolecular Hbond substituents is 1. The number of aliphatic hydroxyl groups is 2. The molecule has 1 aliphatic carbocycles. The summed E-state index contributed by atoms with van der Waals surface area (Å²) in [5, 5.41) is 31.5. The Hall–Kier alpha value is -3.26. The molecule has 2 amide bonds. The Morgan fingerprint density at radius 2 is 1.79 bits per heavy atom. The maximum absolute atomic E-state index is 13.6. The lowest BCUT2D eigenvalue weighted by molar-refractivity contribution is -0.123. The lowest BCUT2D eigenvalue weighted by atomic mass is 9.68. The predicted octanol–water partition coefficient (Wildman–Crippen LogP) is 4.48. The Balaban J connectivity index is 1.59. The normalized spacial score (nSPS) is 22.7. The van der Waals surface area contributed by atoms with Gasteiger partial charge in [0.05, 0.1) is 36.8 Å². The van der Waals surface area contributed by atoms with Crippen LogP contribution in [-0.2, 0) is 14.3 Å². The molecule has 38 heavy (non-hydrogen) atoms. The standard InChI is InChI=1S/C31H37NO6/c1-3-7-20(16-21-10-13-24(34)14-11-21)12-15-27(35)28-22(19-38-2)17-25-29(26(28)18-33)31(37)32(30(25)36)23-8-5-4-6-9-23/h4-6,8-11,13-14,16,25-27,29,33-35H,3,7,12,15,17-19H2,1-2H3/b20-16+/t25-,26+,27-,29-/m1/s1. The van der Waals surface area contributed by atoms with Crippen LogP contribution in [0.2, 0.25) is 0 Å². The van der Waals surface area contributed by atoms with Gasteiger partial charge in [-0.15, -0.1) is 0 Å². The molecule has 0 unspecified atom stereocenters. The summed E-state index contributed by atoms with van der Waals surface area (Å²) in [6.45, 7) is 1.99. The Labute approximate surface area is 224 Å². The average molecular weight is 520 g/mol. The van der Waals surface area contributed by atoms with Crippen LogP contribution < -0.4 is 4.90 Å². The van der Waals surface area contributed by atoms with E-state index in [1.54, 1.807) is 43.5 Å². The molecule has 4 atom stereocenters. The summed E-state index contributed by atoms with van der Waals surface area (Å²) in [6.07, 6.45) is 4.39. The van der Waals surface area contributed by atoms with Gasteiger partial charge < -0.3 is 20.1 Å². The summed E-state index contributed by atoms with van der Waals surface area (Å²) in [5.74, 6) is -2.36. The molecule has 202 valence electrons. The van der Waals surface area contributed by atoms with Gasteiger partial charge in [-0.05, 0) is 66.7 Å². The quantitative estimate of drug-likeness (QED) is 0.299. The van der Waals surface area contributed by atoms with Crippen LogP contribution >= 0.6 is 0 Å². The van der Waals surface area contributed by atoms with Gasteiger partial charge in [0.2, 0.25) is 11.8 Å². The molecule has 1 saturated heterocycles. The van der Waals surface area contributed by atoms with Crippen molar-refractivity contribution >= 4 is 23.6 Å². The number of ether oxygens (including phenoxy) is 1. The summed E-state index contributed by atoms with van der Waals surface area (Å²) < 4.78 is 5.44. The van der Waals surface area contributed by atoms with E-state index in [0.717, 1.165) is 24.0 Å². The van der Waals surface area contributed by atoms with Crippen molar-refractivity contribution in [2.24, 2.45) is 17.8 Å². The number of imide groups is 1. The Bertz CT molecular complexity index is 1190. The van der Waals surface area contributed by atoms with E-state index in [1.807, 2.05) is 18.2 Å². The smallest absolute Gasteiger partial charge is 0.238 e. The molecule has 3 N–H and O–H groups in total. The highest BCUT2D eigenvalue weighted by molar-refractivity contribution is 6.22. The summed E-state index contributed by atoms with van der Waals surface area (Å²) in [7, 11) is 1.56. The lowest BCUT2D eigenvalue weighted by Gasteiger charge is -2.36. The minimum absolute atomic E-state index is 0.212. The monoisotopic (exact) mass is 519 g/mol. The van der Waals surface area contributed by atoms with Crippen molar-refractivity contribution in [3.05, 3.63) is 76.9 Å². The van der Waals surface area contributed by atoms with Crippen molar-refractivity contribution in [2.75, 3.05) is 25.2 Å². The minimum Gasteiger partial charge on any atom is -0.508 e. The molecule has 0 saturated carbocycles. The number of anilines is 1. The molecule has 7 nitrogen and oxygen atoms in total. The zero-order valence-electron chi connectivity index (χ0n) is 22.0. The topological polar surface area (TPSA) is 107 Å². The van der Waals surface area contributed by atoms with Crippen LogP contribution in [0.1, 0.15) is 44.6 Å². The molecule has 1 heterocycles. The van der Waals surface area contributed by atoms with E-state index in [-0.39, 0.29) is 30.8 Å². The number of phenols is 1. The van der Waals surface area contributed by atoms with Crippen molar-refractivity contribution < 1.29 is 29.6 Å². The van der Waals surface area contributed by atoms with E-state index in [2.05, 4.69) is 13.0 Å². The molecule has 0 spiro atoms. The minimum atomic E-state index is -0.882. The first-order chi connectivity index (χ1) is 18.4. The second-order valence-electron chi connectivity index (χ2n) is 10.2. The van der Waals surface area contributed by atoms with Crippen molar-refractivity contribution in [3.63, 3.8) is 0 Å². The van der Waals surface area contributed by atoms with Crippen LogP contribution in [0.4, 0.5) is 5.69 Å². The third-order valence-electron chi connectivity index (χ3n) is 7.65. The first-order valence-corrected chi connectivity index (χ1v) is 13.3. The van der Waals surface area contributed by atoms with Crippen LogP contribution in [0, 0.1) is 17.8 Å². The number of nitrogens with zero attached hydrogens (tertiary/aromatic N) is 1. The Morgan fingerprint density at radius 1 is 1.08 bits per heavy atom. The maximum Gasteiger partial charge on any atom is 0.238 e. The van der Waals surface area contributed by atoms with Gasteiger partial charge in [0.1, 0.15) is 5.75 Å². The molecule has 0 bridgehead atoms. The SMILES string of the molecule is CCC/C(=C\c1ccc(O)cc1)CC[C@@H](O)C1=C(COC)C[C@H]2C(=O)N(c3ccccc3)C(=O)[C@H]2[C@H]1CO. The predicted molar refractivity (Wildman–Crippen MR) is 146 cm³/mol.